The second-order valence-corrected chi connectivity index (χ2v) is 7.03. The molecule has 0 saturated heterocycles. The lowest BCUT2D eigenvalue weighted by Gasteiger charge is -2.09. The normalized spacial score (nSPS) is 10.5. The predicted molar refractivity (Wildman–Crippen MR) is 109 cm³/mol. The molecule has 5 N–H and O–H groups in total. The van der Waals surface area contributed by atoms with Gasteiger partial charge in [0.1, 0.15) is 11.6 Å². The third kappa shape index (κ3) is 5.48. The first kappa shape index (κ1) is 19.7. The van der Waals surface area contributed by atoms with E-state index in [0.29, 0.717) is 42.6 Å². The zero-order chi connectivity index (χ0) is 19.8. The van der Waals surface area contributed by atoms with E-state index in [0.717, 1.165) is 4.88 Å². The van der Waals surface area contributed by atoms with Gasteiger partial charge in [-0.25, -0.2) is 14.4 Å². The molecule has 0 aliphatic rings. The summed E-state index contributed by atoms with van der Waals surface area (Å²) in [6.45, 7) is 1.38. The Morgan fingerprint density at radius 3 is 2.89 bits per heavy atom. The second-order valence-electron chi connectivity index (χ2n) is 5.92. The number of nitrogens with one attached hydrogen (secondary N) is 3. The van der Waals surface area contributed by atoms with Gasteiger partial charge in [-0.15, -0.1) is 0 Å². The number of hydrogen-bond acceptors (Lipinski definition) is 7. The van der Waals surface area contributed by atoms with E-state index in [1.807, 2.05) is 18.2 Å². The number of hydrogen-bond donors (Lipinski definition) is 4. The van der Waals surface area contributed by atoms with E-state index in [2.05, 4.69) is 25.9 Å². The van der Waals surface area contributed by atoms with Crippen LogP contribution in [0.3, 0.4) is 0 Å². The van der Waals surface area contributed by atoms with Crippen molar-refractivity contribution >= 4 is 33.9 Å². The topological polar surface area (TPSA) is 105 Å². The van der Waals surface area contributed by atoms with Gasteiger partial charge < -0.3 is 21.7 Å². The summed E-state index contributed by atoms with van der Waals surface area (Å²) in [5, 5.41) is 9.59. The molecule has 9 heteroatoms. The lowest BCUT2D eigenvalue weighted by molar-refractivity contribution is 0.0953. The van der Waals surface area contributed by atoms with Gasteiger partial charge in [-0.05, 0) is 43.3 Å². The zero-order valence-corrected chi connectivity index (χ0v) is 15.9. The third-order valence-electron chi connectivity index (χ3n) is 3.80. The molecule has 28 heavy (non-hydrogen) atoms. The summed E-state index contributed by atoms with van der Waals surface area (Å²) in [7, 11) is 0. The molecule has 1 aromatic carbocycles. The monoisotopic (exact) mass is 400 g/mol. The molecule has 0 bridgehead atoms. The molecule has 1 amide bonds. The first-order chi connectivity index (χ1) is 13.7. The minimum Gasteiger partial charge on any atom is -0.378 e. The molecule has 0 fully saturated rings. The summed E-state index contributed by atoms with van der Waals surface area (Å²) in [5.74, 6) is 0.0294. The number of nitrogens with two attached hydrogens (primary N) is 1. The van der Waals surface area contributed by atoms with Crippen LogP contribution in [0.15, 0.2) is 48.8 Å². The summed E-state index contributed by atoms with van der Waals surface area (Å²) in [6, 6.07) is 9.80. The fourth-order valence-electron chi connectivity index (χ4n) is 2.38. The number of rotatable bonds is 9. The highest BCUT2D eigenvalue weighted by Gasteiger charge is 2.10. The molecule has 0 unspecified atom stereocenters. The Kier molecular flexibility index (Phi) is 6.88. The smallest absolute Gasteiger partial charge is 0.251 e. The molecule has 146 valence electrons. The van der Waals surface area contributed by atoms with Gasteiger partial charge in [0.05, 0.1) is 12.2 Å². The molecule has 0 radical (unpaired) electrons. The van der Waals surface area contributed by atoms with Gasteiger partial charge in [-0.1, -0.05) is 17.4 Å². The van der Waals surface area contributed by atoms with Gasteiger partial charge >= 0.3 is 0 Å². The van der Waals surface area contributed by atoms with E-state index < -0.39 is 5.82 Å². The van der Waals surface area contributed by atoms with Crippen molar-refractivity contribution in [3.8, 4) is 0 Å². The summed E-state index contributed by atoms with van der Waals surface area (Å²) in [4.78, 5) is 21.5. The Labute approximate surface area is 166 Å². The molecule has 7 nitrogen and oxygen atoms in total. The molecule has 3 aromatic rings. The van der Waals surface area contributed by atoms with Gasteiger partial charge in [0.15, 0.2) is 5.13 Å². The fourth-order valence-corrected chi connectivity index (χ4v) is 3.14. The zero-order valence-electron chi connectivity index (χ0n) is 15.1. The molecule has 0 aliphatic carbocycles. The van der Waals surface area contributed by atoms with Crippen LogP contribution in [0, 0.1) is 5.82 Å². The first-order valence-corrected chi connectivity index (χ1v) is 9.62. The minimum atomic E-state index is -0.421. The second kappa shape index (κ2) is 9.77. The van der Waals surface area contributed by atoms with Crippen molar-refractivity contribution in [3.05, 3.63) is 65.0 Å². The molecule has 2 aromatic heterocycles. The summed E-state index contributed by atoms with van der Waals surface area (Å²) >= 11 is 1.44. The van der Waals surface area contributed by atoms with Crippen LogP contribution in [0.25, 0.3) is 0 Å². The van der Waals surface area contributed by atoms with Gasteiger partial charge in [-0.2, -0.15) is 0 Å². The van der Waals surface area contributed by atoms with Crippen LogP contribution in [0.1, 0.15) is 21.7 Å². The average Bonchev–Trinajstić information content (AvgIpc) is 3.15. The SMILES string of the molecule is NCCCNC(=O)c1ccc(F)c(NCc2cnc(Nc3ccccn3)s2)c1. The fraction of sp³-hybridized carbons (Fsp3) is 0.211. The van der Waals surface area contributed by atoms with Crippen LogP contribution < -0.4 is 21.7 Å². The van der Waals surface area contributed by atoms with Crippen molar-refractivity contribution < 1.29 is 9.18 Å². The highest BCUT2D eigenvalue weighted by molar-refractivity contribution is 7.15. The van der Waals surface area contributed by atoms with Crippen molar-refractivity contribution in [1.82, 2.24) is 15.3 Å². The molecule has 0 atom stereocenters. The van der Waals surface area contributed by atoms with Crippen molar-refractivity contribution in [3.63, 3.8) is 0 Å². The summed E-state index contributed by atoms with van der Waals surface area (Å²) in [5.41, 5.74) is 6.07. The van der Waals surface area contributed by atoms with Crippen LogP contribution in [-0.2, 0) is 6.54 Å². The summed E-state index contributed by atoms with van der Waals surface area (Å²) in [6.07, 6.45) is 4.10. The maximum atomic E-state index is 14.1. The number of benzene rings is 1. The van der Waals surface area contributed by atoms with Gasteiger partial charge in [0.2, 0.25) is 0 Å². The standard InChI is InChI=1S/C19H21FN6OS/c20-15-6-5-13(18(27)23-9-3-7-21)10-16(15)24-11-14-12-25-19(28-14)26-17-4-1-2-8-22-17/h1-2,4-6,8,10,12,24H,3,7,9,11,21H2,(H,23,27)(H,22,25,26). The van der Waals surface area contributed by atoms with Crippen LogP contribution in [0.2, 0.25) is 0 Å². The average molecular weight is 400 g/mol. The van der Waals surface area contributed by atoms with Crippen LogP contribution in [0.5, 0.6) is 0 Å². The van der Waals surface area contributed by atoms with Gasteiger partial charge in [0.25, 0.3) is 5.91 Å². The maximum absolute atomic E-state index is 14.1. The Balaban J connectivity index is 1.59. The summed E-state index contributed by atoms with van der Waals surface area (Å²) < 4.78 is 14.1. The maximum Gasteiger partial charge on any atom is 0.251 e. The van der Waals surface area contributed by atoms with Gasteiger partial charge in [-0.3, -0.25) is 4.79 Å². The highest BCUT2D eigenvalue weighted by atomic mass is 32.1. The van der Waals surface area contributed by atoms with Crippen LogP contribution in [-0.4, -0.2) is 29.0 Å². The van der Waals surface area contributed by atoms with Gasteiger partial charge in [0, 0.05) is 29.4 Å². The largest absolute Gasteiger partial charge is 0.378 e. The number of pyridine rings is 1. The number of thiazole rings is 1. The Bertz CT molecular complexity index is 918. The van der Waals surface area contributed by atoms with E-state index in [4.69, 9.17) is 5.73 Å². The predicted octanol–water partition coefficient (Wildman–Crippen LogP) is 3.11. The Hall–Kier alpha value is -3.04. The third-order valence-corrected chi connectivity index (χ3v) is 4.71. The van der Waals surface area contributed by atoms with Crippen molar-refractivity contribution in [1.29, 1.82) is 0 Å². The highest BCUT2D eigenvalue weighted by Crippen LogP contribution is 2.23. The van der Waals surface area contributed by atoms with Crippen LogP contribution >= 0.6 is 11.3 Å². The Morgan fingerprint density at radius 1 is 1.21 bits per heavy atom. The van der Waals surface area contributed by atoms with Crippen molar-refractivity contribution in [2.24, 2.45) is 5.73 Å². The molecular weight excluding hydrogens is 379 g/mol. The molecule has 0 aliphatic heterocycles. The van der Waals surface area contributed by atoms with E-state index >= 15 is 0 Å². The number of nitrogens with zero attached hydrogens (tertiary/aromatic N) is 2. The van der Waals surface area contributed by atoms with Crippen molar-refractivity contribution in [2.75, 3.05) is 23.7 Å². The number of amides is 1. The van der Waals surface area contributed by atoms with E-state index in [1.165, 1.54) is 29.5 Å². The van der Waals surface area contributed by atoms with E-state index in [-0.39, 0.29) is 11.6 Å². The number of aromatic nitrogens is 2. The number of carbonyl (C=O) groups is 1. The lowest BCUT2D eigenvalue weighted by atomic mass is 10.1. The number of halogens is 1. The van der Waals surface area contributed by atoms with E-state index in [9.17, 15) is 9.18 Å². The molecule has 3 rings (SSSR count). The van der Waals surface area contributed by atoms with Crippen molar-refractivity contribution in [2.45, 2.75) is 13.0 Å². The first-order valence-electron chi connectivity index (χ1n) is 8.80. The number of anilines is 3. The molecule has 0 saturated carbocycles. The van der Waals surface area contributed by atoms with Crippen LogP contribution in [0.4, 0.5) is 21.0 Å². The molecule has 2 heterocycles. The quantitative estimate of drug-likeness (QED) is 0.412. The lowest BCUT2D eigenvalue weighted by Crippen LogP contribution is -2.26. The number of carbonyl (C=O) groups excluding carboxylic acids is 1. The molecule has 0 spiro atoms. The minimum absolute atomic E-state index is 0.254. The Morgan fingerprint density at radius 2 is 2.11 bits per heavy atom. The van der Waals surface area contributed by atoms with E-state index in [1.54, 1.807) is 12.4 Å². The molecular formula is C19H21FN6OS.